The Hall–Kier alpha value is -0.0831. The maximum atomic E-state index is 2.78. The fourth-order valence-electron chi connectivity index (χ4n) is 3.48. The molecule has 1 unspecified atom stereocenters. The second-order valence-corrected chi connectivity index (χ2v) is 10.2. The third-order valence-electron chi connectivity index (χ3n) is 4.76. The fraction of sp³-hybridized carbons (Fsp3) is 0.882. The number of nitrogens with zero attached hydrogens (tertiary/aromatic N) is 1. The van der Waals surface area contributed by atoms with Gasteiger partial charge in [-0.25, -0.2) is 0 Å². The molecule has 0 aromatic carbocycles. The van der Waals surface area contributed by atoms with Crippen LogP contribution in [-0.4, -0.2) is 33.3 Å². The zero-order chi connectivity index (χ0) is 13.9. The van der Waals surface area contributed by atoms with Crippen LogP contribution in [0.3, 0.4) is 0 Å². The van der Waals surface area contributed by atoms with Crippen molar-refractivity contribution in [3.05, 3.63) is 12.2 Å². The van der Waals surface area contributed by atoms with Crippen molar-refractivity contribution in [3.63, 3.8) is 0 Å². The highest BCUT2D eigenvalue weighted by Crippen LogP contribution is 2.22. The first-order valence-electron chi connectivity index (χ1n) is 8.66. The monoisotopic (exact) mass is 281 g/mol. The summed E-state index contributed by atoms with van der Waals surface area (Å²) in [5, 5.41) is 0. The van der Waals surface area contributed by atoms with Crippen LogP contribution in [0, 0.1) is 0 Å². The Balaban J connectivity index is 2.54. The maximum absolute atomic E-state index is 2.78. The topological polar surface area (TPSA) is 3.24 Å². The van der Waals surface area contributed by atoms with E-state index in [-0.39, 0.29) is 0 Å². The molecule has 1 heterocycles. The molecule has 0 aliphatic carbocycles. The largest absolute Gasteiger partial charge is 0.303 e. The van der Waals surface area contributed by atoms with E-state index in [4.69, 9.17) is 0 Å². The third kappa shape index (κ3) is 6.76. The highest BCUT2D eigenvalue weighted by molar-refractivity contribution is 6.60. The van der Waals surface area contributed by atoms with Crippen molar-refractivity contribution in [1.82, 2.24) is 4.90 Å². The Bertz CT molecular complexity index is 225. The van der Waals surface area contributed by atoms with Crippen LogP contribution in [0.4, 0.5) is 0 Å². The number of allylic oxidation sites excluding steroid dienone is 1. The van der Waals surface area contributed by atoms with E-state index < -0.39 is 8.80 Å². The van der Waals surface area contributed by atoms with Gasteiger partial charge in [0.05, 0.1) is 0 Å². The molecule has 0 aromatic heterocycles. The molecule has 1 atom stereocenters. The van der Waals surface area contributed by atoms with E-state index >= 15 is 0 Å². The number of rotatable bonds is 6. The quantitative estimate of drug-likeness (QED) is 0.496. The highest BCUT2D eigenvalue weighted by Gasteiger charge is 2.20. The molecular weight excluding hydrogens is 246 g/mol. The molecule has 0 spiro atoms. The van der Waals surface area contributed by atoms with Gasteiger partial charge in [-0.05, 0) is 38.4 Å². The molecule has 1 aliphatic heterocycles. The summed E-state index contributed by atoms with van der Waals surface area (Å²) in [6.45, 7) is 11.1. The van der Waals surface area contributed by atoms with Gasteiger partial charge in [-0.1, -0.05) is 63.8 Å². The second kappa shape index (κ2) is 10.7. The van der Waals surface area contributed by atoms with Crippen molar-refractivity contribution in [2.75, 3.05) is 19.6 Å². The van der Waals surface area contributed by atoms with Gasteiger partial charge in [-0.3, -0.25) is 0 Å². The van der Waals surface area contributed by atoms with Crippen molar-refractivity contribution in [1.29, 1.82) is 0 Å². The Morgan fingerprint density at radius 2 is 1.47 bits per heavy atom. The smallest absolute Gasteiger partial charge is 0.0452 e. The van der Waals surface area contributed by atoms with Crippen molar-refractivity contribution >= 4 is 8.80 Å². The molecule has 0 aromatic rings. The Morgan fingerprint density at radius 1 is 0.947 bits per heavy atom. The normalized spacial score (nSPS) is 21.3. The van der Waals surface area contributed by atoms with Crippen molar-refractivity contribution < 1.29 is 0 Å². The fourth-order valence-corrected chi connectivity index (χ4v) is 6.40. The van der Waals surface area contributed by atoms with Gasteiger partial charge in [0.2, 0.25) is 0 Å². The molecule has 1 nitrogen and oxygen atoms in total. The lowest BCUT2D eigenvalue weighted by molar-refractivity contribution is 0.272. The van der Waals surface area contributed by atoms with Gasteiger partial charge in [-0.15, -0.1) is 0 Å². The van der Waals surface area contributed by atoms with Gasteiger partial charge in [0, 0.05) is 15.3 Å². The first kappa shape index (κ1) is 17.0. The molecule has 2 heteroatoms. The molecule has 19 heavy (non-hydrogen) atoms. The molecule has 0 saturated carbocycles. The summed E-state index contributed by atoms with van der Waals surface area (Å²) in [5.74, 6) is 0. The maximum Gasteiger partial charge on any atom is 0.0452 e. The first-order chi connectivity index (χ1) is 9.31. The average molecular weight is 282 g/mol. The summed E-state index contributed by atoms with van der Waals surface area (Å²) in [6, 6.07) is 2.92. The van der Waals surface area contributed by atoms with Crippen molar-refractivity contribution in [2.45, 2.75) is 76.9 Å². The van der Waals surface area contributed by atoms with Gasteiger partial charge < -0.3 is 4.90 Å². The minimum absolute atomic E-state index is 0.561. The number of hydrogen-bond donors (Lipinski definition) is 0. The zero-order valence-electron chi connectivity index (χ0n) is 13.5. The Labute approximate surface area is 123 Å². The predicted octanol–water partition coefficient (Wildman–Crippen LogP) is 4.86. The Kier molecular flexibility index (Phi) is 9.53. The molecule has 0 bridgehead atoms. The lowest BCUT2D eigenvalue weighted by Gasteiger charge is -2.29. The molecule has 1 aliphatic rings. The molecule has 0 N–H and O–H groups in total. The van der Waals surface area contributed by atoms with Crippen LogP contribution in [0.15, 0.2) is 12.2 Å². The van der Waals surface area contributed by atoms with Gasteiger partial charge in [-0.2, -0.15) is 0 Å². The summed E-state index contributed by atoms with van der Waals surface area (Å²) in [4.78, 5) is 2.78. The van der Waals surface area contributed by atoms with Gasteiger partial charge in [0.15, 0.2) is 0 Å². The van der Waals surface area contributed by atoms with Crippen LogP contribution in [0.5, 0.6) is 0 Å². The van der Waals surface area contributed by atoms with Crippen molar-refractivity contribution in [3.8, 4) is 0 Å². The second-order valence-electron chi connectivity index (χ2n) is 6.19. The van der Waals surface area contributed by atoms with E-state index in [1.54, 1.807) is 0 Å². The van der Waals surface area contributed by atoms with Crippen LogP contribution in [-0.2, 0) is 0 Å². The van der Waals surface area contributed by atoms with Gasteiger partial charge in [0.1, 0.15) is 0 Å². The zero-order valence-corrected chi connectivity index (χ0v) is 14.7. The molecule has 1 rings (SSSR count). The summed E-state index contributed by atoms with van der Waals surface area (Å²) in [7, 11) is -0.561. The first-order valence-corrected chi connectivity index (χ1v) is 11.0. The lowest BCUT2D eigenvalue weighted by atomic mass is 10.1. The molecule has 0 amide bonds. The summed E-state index contributed by atoms with van der Waals surface area (Å²) in [6.07, 6.45) is 13.5. The van der Waals surface area contributed by atoms with Crippen LogP contribution in [0.2, 0.25) is 17.6 Å². The molecule has 1 saturated heterocycles. The lowest BCUT2D eigenvalue weighted by Crippen LogP contribution is -2.34. The standard InChI is InChI=1S/C17H35NSi/c1-4-13-17(19(5-2)6-3)16-18-14-11-9-7-8-10-12-15-18/h4,13,17,19H,5-12,14-16H2,1-3H3/b13-4+. The predicted molar refractivity (Wildman–Crippen MR) is 90.8 cm³/mol. The van der Waals surface area contributed by atoms with E-state index in [2.05, 4.69) is 37.8 Å². The van der Waals surface area contributed by atoms with E-state index in [9.17, 15) is 0 Å². The van der Waals surface area contributed by atoms with Crippen LogP contribution < -0.4 is 0 Å². The van der Waals surface area contributed by atoms with Gasteiger partial charge in [0.25, 0.3) is 0 Å². The number of hydrogen-bond acceptors (Lipinski definition) is 1. The van der Waals surface area contributed by atoms with Crippen molar-refractivity contribution in [2.24, 2.45) is 0 Å². The van der Waals surface area contributed by atoms with E-state index in [1.807, 2.05) is 0 Å². The SMILES string of the molecule is C/C=C/C(CN1CCCCCCCC1)[SiH](CC)CC. The Morgan fingerprint density at radius 3 is 1.95 bits per heavy atom. The van der Waals surface area contributed by atoms with Gasteiger partial charge >= 0.3 is 0 Å². The van der Waals surface area contributed by atoms with Crippen LogP contribution in [0.25, 0.3) is 0 Å². The minimum Gasteiger partial charge on any atom is -0.303 e. The average Bonchev–Trinajstić information content (AvgIpc) is 2.54. The van der Waals surface area contributed by atoms with E-state index in [0.717, 1.165) is 5.54 Å². The van der Waals surface area contributed by atoms with Crippen LogP contribution >= 0.6 is 0 Å². The highest BCUT2D eigenvalue weighted by atomic mass is 28.3. The summed E-state index contributed by atoms with van der Waals surface area (Å²) >= 11 is 0. The minimum atomic E-state index is -0.561. The molecule has 0 radical (unpaired) electrons. The molecule has 1 fully saturated rings. The van der Waals surface area contributed by atoms with Crippen LogP contribution in [0.1, 0.15) is 59.3 Å². The molecular formula is C17H35NSi. The molecule has 112 valence electrons. The summed E-state index contributed by atoms with van der Waals surface area (Å²) in [5.41, 5.74) is 0.903. The van der Waals surface area contributed by atoms with E-state index in [0.29, 0.717) is 0 Å². The van der Waals surface area contributed by atoms with E-state index in [1.165, 1.54) is 70.2 Å². The third-order valence-corrected chi connectivity index (χ3v) is 8.50. The summed E-state index contributed by atoms with van der Waals surface area (Å²) < 4.78 is 0.